The molecule has 0 bridgehead atoms. The third-order valence-corrected chi connectivity index (χ3v) is 8.62. The Bertz CT molecular complexity index is 1330. The number of pyridine rings is 1. The number of thiazole rings is 1. The third kappa shape index (κ3) is 5.31. The topological polar surface area (TPSA) is 76.2 Å². The molecule has 3 aromatic heterocycles. The molecule has 0 amide bonds. The van der Waals surface area contributed by atoms with Gasteiger partial charge in [-0.15, -0.1) is 11.3 Å². The normalized spacial score (nSPS) is 20.1. The fraction of sp³-hybridized carbons (Fsp3) is 0.444. The van der Waals surface area contributed by atoms with Crippen LogP contribution in [0.2, 0.25) is 5.02 Å². The highest BCUT2D eigenvalue weighted by atomic mass is 35.5. The Hall–Kier alpha value is -2.72. The molecule has 2 N–H and O–H groups in total. The molecule has 6 rings (SSSR count). The summed E-state index contributed by atoms with van der Waals surface area (Å²) in [7, 11) is 2.17. The van der Waals surface area contributed by atoms with Crippen LogP contribution in [0.4, 0.5) is 11.4 Å². The molecule has 4 aromatic rings. The molecule has 0 saturated carbocycles. The molecule has 194 valence electrons. The highest BCUT2D eigenvalue weighted by Gasteiger charge is 2.25. The predicted octanol–water partition coefficient (Wildman–Crippen LogP) is 4.95. The maximum Gasteiger partial charge on any atom is 0.180 e. The van der Waals surface area contributed by atoms with Gasteiger partial charge in [-0.05, 0) is 64.2 Å². The van der Waals surface area contributed by atoms with Crippen LogP contribution in [0.1, 0.15) is 24.8 Å². The van der Waals surface area contributed by atoms with Crippen LogP contribution >= 0.6 is 22.9 Å². The molecule has 1 unspecified atom stereocenters. The summed E-state index contributed by atoms with van der Waals surface area (Å²) in [4.78, 5) is 24.6. The second-order valence-corrected chi connectivity index (χ2v) is 11.6. The number of nitrogens with zero attached hydrogens (tertiary/aromatic N) is 6. The number of imidazole rings is 1. The van der Waals surface area contributed by atoms with E-state index >= 15 is 0 Å². The number of piperazine rings is 1. The highest BCUT2D eigenvalue weighted by molar-refractivity contribution is 7.09. The molecule has 2 aliphatic heterocycles. The molecule has 0 radical (unpaired) electrons. The van der Waals surface area contributed by atoms with Crippen molar-refractivity contribution in [1.29, 1.82) is 0 Å². The Morgan fingerprint density at radius 3 is 2.65 bits per heavy atom. The number of anilines is 2. The van der Waals surface area contributed by atoms with E-state index in [1.807, 2.05) is 6.20 Å². The quantitative estimate of drug-likeness (QED) is 0.361. The van der Waals surface area contributed by atoms with Gasteiger partial charge >= 0.3 is 0 Å². The smallest absolute Gasteiger partial charge is 0.180 e. The lowest BCUT2D eigenvalue weighted by atomic mass is 10.1. The Balaban J connectivity index is 1.16. The zero-order valence-electron chi connectivity index (χ0n) is 21.3. The number of likely N-dealkylation sites (tertiary alicyclic amines) is 1. The lowest BCUT2D eigenvalue weighted by molar-refractivity contribution is 0.221. The molecule has 5 heterocycles. The van der Waals surface area contributed by atoms with E-state index in [0.29, 0.717) is 22.8 Å². The van der Waals surface area contributed by atoms with E-state index < -0.39 is 0 Å². The van der Waals surface area contributed by atoms with Crippen molar-refractivity contribution < 1.29 is 0 Å². The average Bonchev–Trinajstić information content (AvgIpc) is 3.58. The van der Waals surface area contributed by atoms with Crippen molar-refractivity contribution in [2.45, 2.75) is 38.4 Å². The van der Waals surface area contributed by atoms with Gasteiger partial charge in [0.05, 0.1) is 23.5 Å². The number of piperidine rings is 1. The summed E-state index contributed by atoms with van der Waals surface area (Å²) in [5.41, 5.74) is 4.74. The fourth-order valence-corrected chi connectivity index (χ4v) is 6.32. The molecule has 8 nitrogen and oxygen atoms in total. The van der Waals surface area contributed by atoms with Crippen molar-refractivity contribution in [1.82, 2.24) is 29.7 Å². The number of aromatic amines is 1. The molecule has 2 saturated heterocycles. The first-order chi connectivity index (χ1) is 18.0. The van der Waals surface area contributed by atoms with Crippen LogP contribution in [0.25, 0.3) is 22.6 Å². The lowest BCUT2D eigenvalue weighted by Crippen LogP contribution is -2.51. The van der Waals surface area contributed by atoms with Gasteiger partial charge in [-0.25, -0.2) is 15.0 Å². The summed E-state index contributed by atoms with van der Waals surface area (Å²) >= 11 is 8.31. The van der Waals surface area contributed by atoms with Crippen LogP contribution in [0, 0.1) is 0 Å². The maximum absolute atomic E-state index is 6.58. The van der Waals surface area contributed by atoms with Crippen molar-refractivity contribution in [2.75, 3.05) is 50.0 Å². The van der Waals surface area contributed by atoms with Gasteiger partial charge in [0.25, 0.3) is 0 Å². The first kappa shape index (κ1) is 24.6. The second kappa shape index (κ2) is 10.6. The summed E-state index contributed by atoms with van der Waals surface area (Å²) < 4.78 is 0. The molecule has 2 fully saturated rings. The van der Waals surface area contributed by atoms with Gasteiger partial charge in [0, 0.05) is 54.5 Å². The molecular formula is C27H33ClN8S. The van der Waals surface area contributed by atoms with E-state index in [1.165, 1.54) is 10.7 Å². The number of rotatable bonds is 6. The summed E-state index contributed by atoms with van der Waals surface area (Å²) in [6, 6.07) is 9.53. The Morgan fingerprint density at radius 1 is 1.11 bits per heavy atom. The SMILES string of the molecule is CC1CN(Cc2nccs2)CCN1c1ccc(-c2nc3ncc(Cl)c(NC4CCN(C)CC4)c3[nH]2)cc1. The Labute approximate surface area is 226 Å². The zero-order valence-corrected chi connectivity index (χ0v) is 22.9. The Morgan fingerprint density at radius 2 is 1.92 bits per heavy atom. The lowest BCUT2D eigenvalue weighted by Gasteiger charge is -2.41. The van der Waals surface area contributed by atoms with Crippen LogP contribution < -0.4 is 10.2 Å². The first-order valence-corrected chi connectivity index (χ1v) is 14.3. The van der Waals surface area contributed by atoms with E-state index in [4.69, 9.17) is 16.6 Å². The van der Waals surface area contributed by atoms with Gasteiger partial charge in [0.1, 0.15) is 16.3 Å². The van der Waals surface area contributed by atoms with E-state index in [9.17, 15) is 0 Å². The van der Waals surface area contributed by atoms with E-state index in [2.05, 4.69) is 78.6 Å². The average molecular weight is 537 g/mol. The predicted molar refractivity (Wildman–Crippen MR) is 153 cm³/mol. The molecule has 1 aromatic carbocycles. The molecule has 0 aliphatic carbocycles. The van der Waals surface area contributed by atoms with Crippen LogP contribution in [0.5, 0.6) is 0 Å². The largest absolute Gasteiger partial charge is 0.379 e. The zero-order chi connectivity index (χ0) is 25.4. The van der Waals surface area contributed by atoms with Crippen molar-refractivity contribution in [3.63, 3.8) is 0 Å². The van der Waals surface area contributed by atoms with Gasteiger partial charge in [-0.3, -0.25) is 4.90 Å². The first-order valence-electron chi connectivity index (χ1n) is 13.0. The monoisotopic (exact) mass is 536 g/mol. The van der Waals surface area contributed by atoms with E-state index in [0.717, 1.165) is 74.7 Å². The van der Waals surface area contributed by atoms with Crippen molar-refractivity contribution in [3.05, 3.63) is 52.1 Å². The van der Waals surface area contributed by atoms with Crippen molar-refractivity contribution in [3.8, 4) is 11.4 Å². The van der Waals surface area contributed by atoms with Gasteiger partial charge in [0.15, 0.2) is 5.65 Å². The molecule has 37 heavy (non-hydrogen) atoms. The number of halogens is 1. The molecular weight excluding hydrogens is 504 g/mol. The molecule has 2 aliphatic rings. The summed E-state index contributed by atoms with van der Waals surface area (Å²) in [6.45, 7) is 8.49. The van der Waals surface area contributed by atoms with Crippen LogP contribution in [0.3, 0.4) is 0 Å². The van der Waals surface area contributed by atoms with Crippen LogP contribution in [0.15, 0.2) is 42.0 Å². The van der Waals surface area contributed by atoms with Crippen LogP contribution in [-0.4, -0.2) is 81.6 Å². The number of hydrogen-bond donors (Lipinski definition) is 2. The number of benzene rings is 1. The number of nitrogens with one attached hydrogen (secondary N) is 2. The highest BCUT2D eigenvalue weighted by Crippen LogP contribution is 2.33. The van der Waals surface area contributed by atoms with Crippen LogP contribution in [-0.2, 0) is 6.54 Å². The fourth-order valence-electron chi connectivity index (χ4n) is 5.46. The van der Waals surface area contributed by atoms with Gasteiger partial charge in [-0.1, -0.05) is 11.6 Å². The van der Waals surface area contributed by atoms with E-state index in [-0.39, 0.29) is 0 Å². The standard InChI is InChI=1S/C27H33ClN8S/c1-18-16-35(17-23-29-9-14-37-23)12-13-36(18)21-5-3-19(4-6-21)26-32-25-24(22(28)15-30-27(25)33-26)31-20-7-10-34(2)11-8-20/h3-6,9,14-15,18,20H,7-8,10-13,16-17H2,1-2H3,(H2,30,31,32,33). The molecule has 1 atom stereocenters. The minimum Gasteiger partial charge on any atom is -0.379 e. The number of aromatic nitrogens is 4. The third-order valence-electron chi connectivity index (χ3n) is 7.57. The number of H-pyrrole nitrogens is 1. The van der Waals surface area contributed by atoms with Crippen molar-refractivity contribution >= 4 is 45.5 Å². The Kier molecular flexibility index (Phi) is 7.03. The molecule has 10 heteroatoms. The summed E-state index contributed by atoms with van der Waals surface area (Å²) in [5, 5.41) is 7.54. The van der Waals surface area contributed by atoms with Gasteiger partial charge < -0.3 is 20.1 Å². The summed E-state index contributed by atoms with van der Waals surface area (Å²) in [6.07, 6.45) is 5.78. The van der Waals surface area contributed by atoms with Gasteiger partial charge in [-0.2, -0.15) is 0 Å². The molecule has 0 spiro atoms. The van der Waals surface area contributed by atoms with Gasteiger partial charge in [0.2, 0.25) is 0 Å². The maximum atomic E-state index is 6.58. The number of fused-ring (bicyclic) bond motifs is 1. The number of hydrogen-bond acceptors (Lipinski definition) is 8. The minimum atomic E-state index is 0.398. The van der Waals surface area contributed by atoms with Crippen molar-refractivity contribution in [2.24, 2.45) is 0 Å². The summed E-state index contributed by atoms with van der Waals surface area (Å²) in [5.74, 6) is 0.809. The second-order valence-electron chi connectivity index (χ2n) is 10.2. The van der Waals surface area contributed by atoms with E-state index in [1.54, 1.807) is 17.5 Å². The minimum absolute atomic E-state index is 0.398.